The van der Waals surface area contributed by atoms with Crippen LogP contribution >= 0.6 is 0 Å². The molecule has 0 radical (unpaired) electrons. The van der Waals surface area contributed by atoms with Crippen molar-refractivity contribution in [3.63, 3.8) is 0 Å². The molecule has 1 heterocycles. The Bertz CT molecular complexity index is 329. The van der Waals surface area contributed by atoms with Crippen LogP contribution in [0.1, 0.15) is 45.4 Å². The molecule has 1 unspecified atom stereocenters. The minimum absolute atomic E-state index is 0.668. The van der Waals surface area contributed by atoms with E-state index < -0.39 is 0 Å². The van der Waals surface area contributed by atoms with E-state index in [4.69, 9.17) is 4.74 Å². The van der Waals surface area contributed by atoms with Crippen molar-refractivity contribution in [1.82, 2.24) is 25.5 Å². The number of tetrazole rings is 1. The summed E-state index contributed by atoms with van der Waals surface area (Å²) in [5, 5.41) is 15.2. The van der Waals surface area contributed by atoms with E-state index in [0.29, 0.717) is 19.1 Å². The molecule has 0 saturated carbocycles. The summed E-state index contributed by atoms with van der Waals surface area (Å²) in [6.45, 7) is 7.60. The van der Waals surface area contributed by atoms with E-state index >= 15 is 0 Å². The van der Waals surface area contributed by atoms with Gasteiger partial charge in [-0.25, -0.2) is 4.68 Å². The van der Waals surface area contributed by atoms with E-state index in [1.54, 1.807) is 7.11 Å². The fraction of sp³-hybridized carbons (Fsp3) is 0.923. The molecule has 0 aliphatic rings. The molecule has 0 bridgehead atoms. The lowest BCUT2D eigenvalue weighted by molar-refractivity contribution is 0.198. The van der Waals surface area contributed by atoms with Gasteiger partial charge in [0.2, 0.25) is 0 Å². The number of aromatic nitrogens is 4. The van der Waals surface area contributed by atoms with E-state index in [9.17, 15) is 0 Å². The van der Waals surface area contributed by atoms with Crippen molar-refractivity contribution in [2.45, 2.75) is 52.6 Å². The van der Waals surface area contributed by atoms with E-state index in [1.165, 1.54) is 25.7 Å². The highest BCUT2D eigenvalue weighted by atomic mass is 16.5. The Kier molecular flexibility index (Phi) is 8.33. The summed E-state index contributed by atoms with van der Waals surface area (Å²) in [7, 11) is 1.70. The standard InChI is InChI=1S/C13H27N5O/c1-4-6-7-12(5-2)11-18-13(15-16-17-18)10-14-8-9-19-3/h12,14H,4-11H2,1-3H3. The topological polar surface area (TPSA) is 64.9 Å². The normalized spacial score (nSPS) is 12.8. The molecule has 110 valence electrons. The summed E-state index contributed by atoms with van der Waals surface area (Å²) < 4.78 is 6.93. The second-order valence-electron chi connectivity index (χ2n) is 4.86. The van der Waals surface area contributed by atoms with Crippen LogP contribution in [0.2, 0.25) is 0 Å². The number of nitrogens with one attached hydrogen (secondary N) is 1. The van der Waals surface area contributed by atoms with Crippen molar-refractivity contribution in [2.24, 2.45) is 5.92 Å². The molecule has 0 aliphatic heterocycles. The third kappa shape index (κ3) is 6.11. The Balaban J connectivity index is 2.41. The van der Waals surface area contributed by atoms with E-state index in [-0.39, 0.29) is 0 Å². The lowest BCUT2D eigenvalue weighted by atomic mass is 9.99. The lowest BCUT2D eigenvalue weighted by Gasteiger charge is -2.15. The van der Waals surface area contributed by atoms with Gasteiger partial charge in [0.05, 0.1) is 13.2 Å². The van der Waals surface area contributed by atoms with E-state index in [1.807, 2.05) is 4.68 Å². The number of hydrogen-bond donors (Lipinski definition) is 1. The highest BCUT2D eigenvalue weighted by molar-refractivity contribution is 4.80. The number of ether oxygens (including phenoxy) is 1. The van der Waals surface area contributed by atoms with Gasteiger partial charge in [0.25, 0.3) is 0 Å². The Morgan fingerprint density at radius 2 is 2.21 bits per heavy atom. The Hall–Kier alpha value is -1.01. The Morgan fingerprint density at radius 1 is 1.37 bits per heavy atom. The third-order valence-electron chi connectivity index (χ3n) is 3.35. The zero-order valence-electron chi connectivity index (χ0n) is 12.4. The van der Waals surface area contributed by atoms with Gasteiger partial charge in [-0.05, 0) is 22.8 Å². The molecular weight excluding hydrogens is 242 g/mol. The fourth-order valence-corrected chi connectivity index (χ4v) is 2.03. The van der Waals surface area contributed by atoms with Gasteiger partial charge in [0.1, 0.15) is 0 Å². The zero-order chi connectivity index (χ0) is 13.9. The van der Waals surface area contributed by atoms with Gasteiger partial charge in [-0.3, -0.25) is 0 Å². The lowest BCUT2D eigenvalue weighted by Crippen LogP contribution is -2.22. The molecule has 6 heteroatoms. The molecule has 6 nitrogen and oxygen atoms in total. The molecule has 1 aromatic heterocycles. The number of methoxy groups -OCH3 is 1. The number of hydrogen-bond acceptors (Lipinski definition) is 5. The van der Waals surface area contributed by atoms with Crippen molar-refractivity contribution in [1.29, 1.82) is 0 Å². The minimum Gasteiger partial charge on any atom is -0.383 e. The van der Waals surface area contributed by atoms with Crippen LogP contribution in [0, 0.1) is 5.92 Å². The van der Waals surface area contributed by atoms with Crippen molar-refractivity contribution < 1.29 is 4.74 Å². The van der Waals surface area contributed by atoms with Gasteiger partial charge in [-0.1, -0.05) is 33.1 Å². The quantitative estimate of drug-likeness (QED) is 0.618. The van der Waals surface area contributed by atoms with Crippen LogP contribution < -0.4 is 5.32 Å². The van der Waals surface area contributed by atoms with Crippen LogP contribution in [-0.2, 0) is 17.8 Å². The predicted molar refractivity (Wildman–Crippen MR) is 74.7 cm³/mol. The van der Waals surface area contributed by atoms with Crippen molar-refractivity contribution >= 4 is 0 Å². The molecule has 0 aromatic carbocycles. The maximum Gasteiger partial charge on any atom is 0.165 e. The van der Waals surface area contributed by atoms with Crippen LogP contribution in [0.4, 0.5) is 0 Å². The zero-order valence-corrected chi connectivity index (χ0v) is 12.4. The van der Waals surface area contributed by atoms with Crippen LogP contribution in [0.25, 0.3) is 0 Å². The van der Waals surface area contributed by atoms with Crippen molar-refractivity contribution in [3.05, 3.63) is 5.82 Å². The first kappa shape index (κ1) is 16.0. The highest BCUT2D eigenvalue weighted by Gasteiger charge is 2.11. The first-order valence-electron chi connectivity index (χ1n) is 7.26. The van der Waals surface area contributed by atoms with Gasteiger partial charge in [-0.15, -0.1) is 5.10 Å². The highest BCUT2D eigenvalue weighted by Crippen LogP contribution is 2.14. The number of nitrogens with zero attached hydrogens (tertiary/aromatic N) is 4. The maximum atomic E-state index is 5.00. The Morgan fingerprint density at radius 3 is 2.89 bits per heavy atom. The molecule has 0 spiro atoms. The SMILES string of the molecule is CCCCC(CC)Cn1nnnc1CNCCOC. The summed E-state index contributed by atoms with van der Waals surface area (Å²) >= 11 is 0. The van der Waals surface area contributed by atoms with Crippen LogP contribution in [0.3, 0.4) is 0 Å². The average molecular weight is 269 g/mol. The smallest absolute Gasteiger partial charge is 0.165 e. The van der Waals surface area contributed by atoms with Gasteiger partial charge in [0, 0.05) is 20.2 Å². The summed E-state index contributed by atoms with van der Waals surface area (Å²) in [4.78, 5) is 0. The van der Waals surface area contributed by atoms with Crippen molar-refractivity contribution in [2.75, 3.05) is 20.3 Å². The molecule has 0 amide bonds. The second kappa shape index (κ2) is 9.86. The van der Waals surface area contributed by atoms with E-state index in [2.05, 4.69) is 34.7 Å². The summed E-state index contributed by atoms with van der Waals surface area (Å²) in [6, 6.07) is 0. The number of rotatable bonds is 11. The van der Waals surface area contributed by atoms with Gasteiger partial charge in [-0.2, -0.15) is 0 Å². The summed E-state index contributed by atoms with van der Waals surface area (Å²) in [5.41, 5.74) is 0. The molecule has 0 aliphatic carbocycles. The second-order valence-corrected chi connectivity index (χ2v) is 4.86. The molecule has 0 saturated heterocycles. The fourth-order valence-electron chi connectivity index (χ4n) is 2.03. The first-order valence-corrected chi connectivity index (χ1v) is 7.26. The van der Waals surface area contributed by atoms with Crippen molar-refractivity contribution in [3.8, 4) is 0 Å². The monoisotopic (exact) mass is 269 g/mol. The summed E-state index contributed by atoms with van der Waals surface area (Å²) in [6.07, 6.45) is 4.96. The van der Waals surface area contributed by atoms with Crippen LogP contribution in [-0.4, -0.2) is 40.5 Å². The largest absolute Gasteiger partial charge is 0.383 e. The average Bonchev–Trinajstić information content (AvgIpc) is 2.87. The molecule has 1 rings (SSSR count). The minimum atomic E-state index is 0.668. The Labute approximate surface area is 115 Å². The first-order chi connectivity index (χ1) is 9.31. The van der Waals surface area contributed by atoms with Crippen LogP contribution in [0.5, 0.6) is 0 Å². The van der Waals surface area contributed by atoms with E-state index in [0.717, 1.165) is 18.9 Å². The van der Waals surface area contributed by atoms with Crippen LogP contribution in [0.15, 0.2) is 0 Å². The van der Waals surface area contributed by atoms with Gasteiger partial charge >= 0.3 is 0 Å². The van der Waals surface area contributed by atoms with Gasteiger partial charge < -0.3 is 10.1 Å². The van der Waals surface area contributed by atoms with Gasteiger partial charge in [0.15, 0.2) is 5.82 Å². The molecular formula is C13H27N5O. The third-order valence-corrected chi connectivity index (χ3v) is 3.35. The molecule has 0 fully saturated rings. The molecule has 19 heavy (non-hydrogen) atoms. The summed E-state index contributed by atoms with van der Waals surface area (Å²) in [5.74, 6) is 1.58. The molecule has 1 atom stereocenters. The maximum absolute atomic E-state index is 5.00. The molecule has 1 aromatic rings. The molecule has 1 N–H and O–H groups in total. The predicted octanol–water partition coefficient (Wildman–Crippen LogP) is 1.63. The number of unbranched alkanes of at least 4 members (excludes halogenated alkanes) is 1.